The monoisotopic (exact) mass is 377 g/mol. The van der Waals surface area contributed by atoms with E-state index in [4.69, 9.17) is 14.6 Å². The van der Waals surface area contributed by atoms with Gasteiger partial charge in [0.2, 0.25) is 0 Å². The standard InChI is InChI=1S/C22H19NO5/c24-21(27-15-16-8-2-1-3-9-16)23-14-17-10-4-5-11-18(17)19-12-6-7-13-20(19)28-22(25)26/h1-13H,14-15H2,(H,23,24)(H,25,26). The number of ether oxygens (including phenoxy) is 2. The molecule has 2 N–H and O–H groups in total. The van der Waals surface area contributed by atoms with Crippen molar-refractivity contribution < 1.29 is 24.2 Å². The maximum atomic E-state index is 12.0. The maximum Gasteiger partial charge on any atom is 0.511 e. The number of nitrogens with one attached hydrogen (secondary N) is 1. The second-order valence-electron chi connectivity index (χ2n) is 5.94. The number of benzene rings is 3. The summed E-state index contributed by atoms with van der Waals surface area (Å²) in [6, 6.07) is 23.6. The van der Waals surface area contributed by atoms with Crippen LogP contribution in [0.5, 0.6) is 5.75 Å². The van der Waals surface area contributed by atoms with Gasteiger partial charge in [0.1, 0.15) is 12.4 Å². The van der Waals surface area contributed by atoms with Gasteiger partial charge in [-0.15, -0.1) is 0 Å². The zero-order chi connectivity index (χ0) is 19.8. The van der Waals surface area contributed by atoms with E-state index in [1.165, 1.54) is 0 Å². The van der Waals surface area contributed by atoms with E-state index in [1.54, 1.807) is 24.3 Å². The van der Waals surface area contributed by atoms with E-state index in [9.17, 15) is 9.59 Å². The highest BCUT2D eigenvalue weighted by molar-refractivity contribution is 5.77. The number of hydrogen-bond acceptors (Lipinski definition) is 4. The zero-order valence-electron chi connectivity index (χ0n) is 15.0. The van der Waals surface area contributed by atoms with E-state index in [0.29, 0.717) is 5.56 Å². The third-order valence-corrected chi connectivity index (χ3v) is 4.03. The van der Waals surface area contributed by atoms with Crippen molar-refractivity contribution in [1.82, 2.24) is 5.32 Å². The number of hydrogen-bond donors (Lipinski definition) is 2. The van der Waals surface area contributed by atoms with Crippen LogP contribution in [-0.2, 0) is 17.9 Å². The van der Waals surface area contributed by atoms with Crippen LogP contribution in [0.2, 0.25) is 0 Å². The lowest BCUT2D eigenvalue weighted by Crippen LogP contribution is -2.24. The van der Waals surface area contributed by atoms with Crippen LogP contribution in [0.1, 0.15) is 11.1 Å². The normalized spacial score (nSPS) is 10.1. The van der Waals surface area contributed by atoms with Crippen molar-refractivity contribution in [3.8, 4) is 16.9 Å². The van der Waals surface area contributed by atoms with Crippen molar-refractivity contribution in [1.29, 1.82) is 0 Å². The van der Waals surface area contributed by atoms with Crippen molar-refractivity contribution in [3.63, 3.8) is 0 Å². The van der Waals surface area contributed by atoms with Crippen molar-refractivity contribution in [3.05, 3.63) is 90.0 Å². The quantitative estimate of drug-likeness (QED) is 0.474. The Bertz CT molecular complexity index is 956. The molecule has 0 aromatic heterocycles. The highest BCUT2D eigenvalue weighted by Gasteiger charge is 2.13. The van der Waals surface area contributed by atoms with E-state index >= 15 is 0 Å². The van der Waals surface area contributed by atoms with Gasteiger partial charge in [-0.2, -0.15) is 0 Å². The molecule has 0 saturated carbocycles. The molecular formula is C22H19NO5. The van der Waals surface area contributed by atoms with Crippen LogP contribution in [-0.4, -0.2) is 17.4 Å². The molecule has 0 aliphatic rings. The van der Waals surface area contributed by atoms with Gasteiger partial charge in [-0.1, -0.05) is 72.8 Å². The van der Waals surface area contributed by atoms with Crippen LogP contribution in [0, 0.1) is 0 Å². The lowest BCUT2D eigenvalue weighted by molar-refractivity contribution is 0.139. The van der Waals surface area contributed by atoms with Gasteiger partial charge in [-0.3, -0.25) is 0 Å². The van der Waals surface area contributed by atoms with Gasteiger partial charge in [0.05, 0.1) is 0 Å². The summed E-state index contributed by atoms with van der Waals surface area (Å²) < 4.78 is 10.1. The predicted octanol–water partition coefficient (Wildman–Crippen LogP) is 4.84. The molecule has 0 radical (unpaired) electrons. The summed E-state index contributed by atoms with van der Waals surface area (Å²) in [6.45, 7) is 0.412. The fourth-order valence-corrected chi connectivity index (χ4v) is 2.75. The Kier molecular flexibility index (Phi) is 6.25. The predicted molar refractivity (Wildman–Crippen MR) is 104 cm³/mol. The summed E-state index contributed by atoms with van der Waals surface area (Å²) in [5, 5.41) is 11.7. The molecule has 0 fully saturated rings. The Morgan fingerprint density at radius 1 is 0.821 bits per heavy atom. The number of rotatable bonds is 6. The minimum atomic E-state index is -1.38. The number of carbonyl (C=O) groups is 2. The first kappa shape index (κ1) is 19.0. The minimum absolute atomic E-state index is 0.184. The third kappa shape index (κ3) is 5.11. The van der Waals surface area contributed by atoms with Gasteiger partial charge >= 0.3 is 12.2 Å². The molecule has 0 aliphatic heterocycles. The Morgan fingerprint density at radius 3 is 2.21 bits per heavy atom. The molecule has 1 amide bonds. The molecule has 0 unspecified atom stereocenters. The van der Waals surface area contributed by atoms with E-state index in [1.807, 2.05) is 54.6 Å². The van der Waals surface area contributed by atoms with Gasteiger partial charge in [0, 0.05) is 12.1 Å². The smallest absolute Gasteiger partial charge is 0.449 e. The largest absolute Gasteiger partial charge is 0.511 e. The Labute approximate surface area is 162 Å². The second-order valence-corrected chi connectivity index (χ2v) is 5.94. The summed E-state index contributed by atoms with van der Waals surface area (Å²) in [5.41, 5.74) is 3.10. The number of para-hydroxylation sites is 1. The second kappa shape index (κ2) is 9.23. The van der Waals surface area contributed by atoms with Crippen LogP contribution >= 0.6 is 0 Å². The molecule has 142 valence electrons. The lowest BCUT2D eigenvalue weighted by Gasteiger charge is -2.13. The average molecular weight is 377 g/mol. The zero-order valence-corrected chi connectivity index (χ0v) is 15.0. The summed E-state index contributed by atoms with van der Waals surface area (Å²) >= 11 is 0. The molecule has 3 aromatic carbocycles. The summed E-state index contributed by atoms with van der Waals surface area (Å²) in [5.74, 6) is 0.231. The molecule has 0 spiro atoms. The summed E-state index contributed by atoms with van der Waals surface area (Å²) in [6.07, 6.45) is -1.92. The van der Waals surface area contributed by atoms with Gasteiger partial charge < -0.3 is 19.9 Å². The molecule has 3 rings (SSSR count). The first-order chi connectivity index (χ1) is 13.6. The number of carboxylic acid groups (broad SMARTS) is 1. The summed E-state index contributed by atoms with van der Waals surface area (Å²) in [7, 11) is 0. The van der Waals surface area contributed by atoms with Gasteiger partial charge in [0.25, 0.3) is 0 Å². The van der Waals surface area contributed by atoms with Crippen LogP contribution in [0.3, 0.4) is 0 Å². The van der Waals surface area contributed by atoms with Gasteiger partial charge in [0.15, 0.2) is 0 Å². The van der Waals surface area contributed by atoms with E-state index in [2.05, 4.69) is 5.32 Å². The molecular weight excluding hydrogens is 358 g/mol. The molecule has 0 bridgehead atoms. The average Bonchev–Trinajstić information content (AvgIpc) is 2.72. The maximum absolute atomic E-state index is 12.0. The number of carbonyl (C=O) groups excluding carboxylic acids is 1. The van der Waals surface area contributed by atoms with Crippen LogP contribution < -0.4 is 10.1 Å². The first-order valence-electron chi connectivity index (χ1n) is 8.66. The molecule has 3 aromatic rings. The van der Waals surface area contributed by atoms with Crippen molar-refractivity contribution >= 4 is 12.2 Å². The highest BCUT2D eigenvalue weighted by atomic mass is 16.7. The van der Waals surface area contributed by atoms with Gasteiger partial charge in [-0.25, -0.2) is 9.59 Å². The Hall–Kier alpha value is -3.80. The minimum Gasteiger partial charge on any atom is -0.449 e. The van der Waals surface area contributed by atoms with Crippen molar-refractivity contribution in [2.45, 2.75) is 13.2 Å². The first-order valence-corrected chi connectivity index (χ1v) is 8.66. The topological polar surface area (TPSA) is 84.9 Å². The van der Waals surface area contributed by atoms with Crippen LogP contribution in [0.15, 0.2) is 78.9 Å². The van der Waals surface area contributed by atoms with E-state index in [-0.39, 0.29) is 18.9 Å². The lowest BCUT2D eigenvalue weighted by atomic mass is 9.99. The summed E-state index contributed by atoms with van der Waals surface area (Å²) in [4.78, 5) is 23.0. The van der Waals surface area contributed by atoms with Crippen LogP contribution in [0.25, 0.3) is 11.1 Å². The number of amides is 1. The van der Waals surface area contributed by atoms with E-state index in [0.717, 1.165) is 16.7 Å². The molecule has 0 saturated heterocycles. The van der Waals surface area contributed by atoms with Crippen LogP contribution in [0.4, 0.5) is 9.59 Å². The van der Waals surface area contributed by atoms with E-state index < -0.39 is 12.2 Å². The third-order valence-electron chi connectivity index (χ3n) is 4.03. The Morgan fingerprint density at radius 2 is 1.46 bits per heavy atom. The molecule has 0 aliphatic carbocycles. The van der Waals surface area contributed by atoms with Crippen molar-refractivity contribution in [2.24, 2.45) is 0 Å². The highest BCUT2D eigenvalue weighted by Crippen LogP contribution is 2.32. The molecule has 0 heterocycles. The van der Waals surface area contributed by atoms with Crippen molar-refractivity contribution in [2.75, 3.05) is 0 Å². The SMILES string of the molecule is O=C(O)Oc1ccccc1-c1ccccc1CNC(=O)OCc1ccccc1. The molecule has 28 heavy (non-hydrogen) atoms. The Balaban J connectivity index is 1.69. The number of alkyl carbamates (subject to hydrolysis) is 1. The molecule has 6 heteroatoms. The fraction of sp³-hybridized carbons (Fsp3) is 0.0909. The van der Waals surface area contributed by atoms with Gasteiger partial charge in [-0.05, 0) is 22.8 Å². The molecule has 0 atom stereocenters. The fourth-order valence-electron chi connectivity index (χ4n) is 2.75. The molecule has 6 nitrogen and oxygen atoms in total.